The van der Waals surface area contributed by atoms with Crippen molar-refractivity contribution in [2.24, 2.45) is 0 Å². The lowest BCUT2D eigenvalue weighted by Gasteiger charge is -2.19. The Kier molecular flexibility index (Phi) is 6.76. The van der Waals surface area contributed by atoms with Gasteiger partial charge < -0.3 is 19.5 Å². The van der Waals surface area contributed by atoms with Gasteiger partial charge in [0.05, 0.1) is 35.4 Å². The molecule has 1 unspecified atom stereocenters. The summed E-state index contributed by atoms with van der Waals surface area (Å²) < 4.78 is 17.9. The predicted octanol–water partition coefficient (Wildman–Crippen LogP) is 4.78. The fraction of sp³-hybridized carbons (Fsp3) is 0.417. The van der Waals surface area contributed by atoms with Crippen LogP contribution in [0.1, 0.15) is 30.5 Å². The number of nitrogens with one attached hydrogen (secondary N) is 1. The van der Waals surface area contributed by atoms with Gasteiger partial charge in [-0.1, -0.05) is 44.0 Å². The van der Waals surface area contributed by atoms with Gasteiger partial charge in [-0.15, -0.1) is 0 Å². The highest BCUT2D eigenvalue weighted by molar-refractivity contribution is 7.71. The molecule has 0 fully saturated rings. The summed E-state index contributed by atoms with van der Waals surface area (Å²) in [5.74, 6) is 1.76. The van der Waals surface area contributed by atoms with Gasteiger partial charge in [0.15, 0.2) is 11.5 Å². The lowest BCUT2D eigenvalue weighted by Crippen LogP contribution is -2.37. The molecular weight excluding hydrogens is 426 g/mol. The molecule has 1 N–H and O–H groups in total. The Bertz CT molecular complexity index is 1080. The number of hydrogen-bond donors (Lipinski definition) is 1. The molecule has 1 amide bonds. The number of ether oxygens (including phenoxy) is 3. The lowest BCUT2D eigenvalue weighted by molar-refractivity contribution is -0.119. The molecule has 2 aromatic rings. The number of methoxy groups -OCH3 is 3. The molecule has 1 aliphatic carbocycles. The van der Waals surface area contributed by atoms with E-state index in [0.717, 1.165) is 39.6 Å². The SMILES string of the molecule is COc1cc2c(c(OC)c1OC)-c1ccc([Si](C)(C)C)c(=S)cc1C(NC(C)=O)CC2. The highest BCUT2D eigenvalue weighted by Crippen LogP contribution is 2.50. The summed E-state index contributed by atoms with van der Waals surface area (Å²) in [7, 11) is 3.21. The molecule has 3 rings (SSSR count). The van der Waals surface area contributed by atoms with E-state index in [9.17, 15) is 4.79 Å². The minimum atomic E-state index is -1.66. The van der Waals surface area contributed by atoms with Crippen molar-refractivity contribution < 1.29 is 19.0 Å². The third-order valence-corrected chi connectivity index (χ3v) is 8.29. The van der Waals surface area contributed by atoms with Gasteiger partial charge in [-0.2, -0.15) is 0 Å². The molecule has 5 nitrogen and oxygen atoms in total. The zero-order valence-corrected chi connectivity index (χ0v) is 21.2. The number of hydrogen-bond acceptors (Lipinski definition) is 5. The number of fused-ring (bicyclic) bond motifs is 3. The number of amides is 1. The zero-order chi connectivity index (χ0) is 22.9. The van der Waals surface area contributed by atoms with Gasteiger partial charge in [-0.25, -0.2) is 0 Å². The maximum absolute atomic E-state index is 12.0. The molecule has 0 saturated heterocycles. The van der Waals surface area contributed by atoms with Crippen LogP contribution in [0.5, 0.6) is 17.2 Å². The summed E-state index contributed by atoms with van der Waals surface area (Å²) in [6.07, 6.45) is 1.50. The van der Waals surface area contributed by atoms with E-state index in [4.69, 9.17) is 26.4 Å². The van der Waals surface area contributed by atoms with E-state index < -0.39 is 8.07 Å². The summed E-state index contributed by atoms with van der Waals surface area (Å²) in [5.41, 5.74) is 4.07. The maximum atomic E-state index is 12.0. The predicted molar refractivity (Wildman–Crippen MR) is 130 cm³/mol. The summed E-state index contributed by atoms with van der Waals surface area (Å²) in [6, 6.07) is 8.22. The van der Waals surface area contributed by atoms with Crippen molar-refractivity contribution in [2.75, 3.05) is 21.3 Å². The first kappa shape index (κ1) is 23.3. The van der Waals surface area contributed by atoms with Crippen LogP contribution in [0.15, 0.2) is 24.3 Å². The Morgan fingerprint density at radius 2 is 1.74 bits per heavy atom. The lowest BCUT2D eigenvalue weighted by atomic mass is 9.95. The van der Waals surface area contributed by atoms with E-state index in [1.807, 2.05) is 6.07 Å². The molecule has 0 spiro atoms. The van der Waals surface area contributed by atoms with Crippen LogP contribution in [0.25, 0.3) is 11.1 Å². The molecule has 166 valence electrons. The van der Waals surface area contributed by atoms with Crippen molar-refractivity contribution in [1.29, 1.82) is 0 Å². The molecule has 2 aromatic carbocycles. The molecule has 7 heteroatoms. The number of carbonyl (C=O) groups excluding carboxylic acids is 1. The molecule has 0 bridgehead atoms. The van der Waals surface area contributed by atoms with Gasteiger partial charge in [-0.05, 0) is 46.9 Å². The van der Waals surface area contributed by atoms with Gasteiger partial charge >= 0.3 is 0 Å². The smallest absolute Gasteiger partial charge is 0.217 e. The molecule has 0 heterocycles. The summed E-state index contributed by atoms with van der Waals surface area (Å²) in [5, 5.41) is 4.35. The van der Waals surface area contributed by atoms with Crippen molar-refractivity contribution >= 4 is 31.4 Å². The van der Waals surface area contributed by atoms with Gasteiger partial charge in [0, 0.05) is 17.0 Å². The number of benzene rings is 1. The molecule has 1 atom stereocenters. The second kappa shape index (κ2) is 9.00. The Morgan fingerprint density at radius 3 is 2.29 bits per heavy atom. The van der Waals surface area contributed by atoms with E-state index >= 15 is 0 Å². The number of carbonyl (C=O) groups is 1. The molecule has 0 aliphatic heterocycles. The largest absolute Gasteiger partial charge is 0.493 e. The minimum Gasteiger partial charge on any atom is -0.493 e. The molecule has 0 radical (unpaired) electrons. The van der Waals surface area contributed by atoms with E-state index in [1.54, 1.807) is 28.3 Å². The average Bonchev–Trinajstić information content (AvgIpc) is 2.95. The van der Waals surface area contributed by atoms with E-state index in [-0.39, 0.29) is 11.9 Å². The van der Waals surface area contributed by atoms with Crippen molar-refractivity contribution in [2.45, 2.75) is 45.4 Å². The Labute approximate surface area is 190 Å². The van der Waals surface area contributed by atoms with Gasteiger partial charge in [0.2, 0.25) is 11.7 Å². The average molecular weight is 458 g/mol. The second-order valence-corrected chi connectivity index (χ2v) is 14.3. The fourth-order valence-corrected chi connectivity index (χ4v) is 6.84. The van der Waals surface area contributed by atoms with Crippen LogP contribution in [0.4, 0.5) is 0 Å². The first-order chi connectivity index (χ1) is 14.6. The van der Waals surface area contributed by atoms with Crippen LogP contribution in [0.3, 0.4) is 0 Å². The third-order valence-electron chi connectivity index (χ3n) is 5.72. The first-order valence-corrected chi connectivity index (χ1v) is 14.3. The van der Waals surface area contributed by atoms with Crippen molar-refractivity contribution in [3.63, 3.8) is 0 Å². The summed E-state index contributed by atoms with van der Waals surface area (Å²) in [6.45, 7) is 8.42. The Hall–Kier alpha value is -2.38. The highest BCUT2D eigenvalue weighted by Gasteiger charge is 2.29. The molecule has 0 saturated carbocycles. The highest BCUT2D eigenvalue weighted by atomic mass is 32.1. The molecular formula is C24H31NO4SSi. The summed E-state index contributed by atoms with van der Waals surface area (Å²) in [4.78, 5) is 12.0. The fourth-order valence-electron chi connectivity index (χ4n) is 4.33. The van der Waals surface area contributed by atoms with Crippen LogP contribution in [0, 0.1) is 4.51 Å². The van der Waals surface area contributed by atoms with E-state index in [0.29, 0.717) is 17.2 Å². The van der Waals surface area contributed by atoms with Crippen LogP contribution in [0.2, 0.25) is 19.6 Å². The number of aryl methyl sites for hydroxylation is 1. The molecule has 31 heavy (non-hydrogen) atoms. The molecule has 0 aromatic heterocycles. The van der Waals surface area contributed by atoms with Gasteiger partial charge in [-0.3, -0.25) is 4.79 Å². The standard InChI is InChI=1S/C24H31NO4SSi/c1-14(26)25-18-10-8-15-12-19(27-2)23(28-3)24(29-4)22(15)16-9-11-21(31(5,6)7)20(30)13-17(16)18/h9,11-13,18H,8,10H2,1-7H3,(H,25,26). The topological polar surface area (TPSA) is 56.8 Å². The normalized spacial score (nSPS) is 15.3. The van der Waals surface area contributed by atoms with Gasteiger partial charge in [0.1, 0.15) is 0 Å². The monoisotopic (exact) mass is 457 g/mol. The van der Waals surface area contributed by atoms with Crippen molar-refractivity contribution in [1.82, 2.24) is 5.32 Å². The summed E-state index contributed by atoms with van der Waals surface area (Å²) >= 11 is 5.86. The van der Waals surface area contributed by atoms with Crippen molar-refractivity contribution in [3.8, 4) is 28.4 Å². The van der Waals surface area contributed by atoms with Crippen molar-refractivity contribution in [3.05, 3.63) is 39.9 Å². The van der Waals surface area contributed by atoms with Crippen LogP contribution in [-0.2, 0) is 11.2 Å². The van der Waals surface area contributed by atoms with Crippen LogP contribution in [-0.4, -0.2) is 35.3 Å². The van der Waals surface area contributed by atoms with E-state index in [1.165, 1.54) is 5.19 Å². The Balaban J connectivity index is 2.44. The maximum Gasteiger partial charge on any atom is 0.217 e. The third kappa shape index (κ3) is 4.48. The van der Waals surface area contributed by atoms with Crippen LogP contribution >= 0.6 is 12.2 Å². The second-order valence-electron chi connectivity index (χ2n) is 8.85. The van der Waals surface area contributed by atoms with Gasteiger partial charge in [0.25, 0.3) is 0 Å². The first-order valence-electron chi connectivity index (χ1n) is 10.4. The number of rotatable bonds is 5. The quantitative estimate of drug-likeness (QED) is 0.517. The zero-order valence-electron chi connectivity index (χ0n) is 19.3. The Morgan fingerprint density at radius 1 is 1.06 bits per heavy atom. The van der Waals surface area contributed by atoms with Crippen LogP contribution < -0.4 is 24.7 Å². The molecule has 1 aliphatic rings. The minimum absolute atomic E-state index is 0.0631. The van der Waals surface area contributed by atoms with E-state index in [2.05, 4.69) is 43.2 Å².